The van der Waals surface area contributed by atoms with Crippen molar-refractivity contribution in [1.82, 2.24) is 0 Å². The van der Waals surface area contributed by atoms with Crippen LogP contribution in [0.3, 0.4) is 0 Å². The normalized spacial score (nSPS) is 15.8. The van der Waals surface area contributed by atoms with Gasteiger partial charge in [-0.3, -0.25) is 4.79 Å². The molecule has 0 bridgehead atoms. The third-order valence-corrected chi connectivity index (χ3v) is 6.15. The molecule has 0 aromatic carbocycles. The lowest BCUT2D eigenvalue weighted by atomic mass is 9.78. The summed E-state index contributed by atoms with van der Waals surface area (Å²) in [6, 6.07) is 0. The largest absolute Gasteiger partial charge is 0.468 e. The number of sulfone groups is 1. The molecule has 134 valence electrons. The summed E-state index contributed by atoms with van der Waals surface area (Å²) >= 11 is 0. The summed E-state index contributed by atoms with van der Waals surface area (Å²) in [5.41, 5.74) is 0. The maximum atomic E-state index is 11.9. The SMILES string of the molecule is C.C.C.C.COC(=O)C(C)(C(C)C(C)C(C)C)S(C)(=O)=O. The number of hydrogen-bond donors (Lipinski definition) is 0. The number of carbonyl (C=O) groups excluding carboxylic acids is 1. The lowest BCUT2D eigenvalue weighted by molar-refractivity contribution is -0.145. The van der Waals surface area contributed by atoms with Crippen molar-refractivity contribution >= 4 is 15.8 Å². The van der Waals surface area contributed by atoms with Crippen molar-refractivity contribution in [3.05, 3.63) is 0 Å². The molecule has 0 amide bonds. The van der Waals surface area contributed by atoms with Gasteiger partial charge < -0.3 is 4.74 Å². The van der Waals surface area contributed by atoms with E-state index in [0.717, 1.165) is 6.26 Å². The Bertz CT molecular complexity index is 374. The first-order valence-electron chi connectivity index (χ1n) is 5.78. The van der Waals surface area contributed by atoms with Crippen LogP contribution in [-0.2, 0) is 19.4 Å². The number of esters is 1. The molecule has 0 N–H and O–H groups in total. The van der Waals surface area contributed by atoms with Crippen LogP contribution in [-0.4, -0.2) is 32.5 Å². The van der Waals surface area contributed by atoms with E-state index in [9.17, 15) is 13.2 Å². The van der Waals surface area contributed by atoms with E-state index in [0.29, 0.717) is 5.92 Å². The third kappa shape index (κ3) is 6.37. The van der Waals surface area contributed by atoms with E-state index in [2.05, 4.69) is 4.74 Å². The van der Waals surface area contributed by atoms with Crippen molar-refractivity contribution in [2.45, 2.75) is 69.1 Å². The summed E-state index contributed by atoms with van der Waals surface area (Å²) < 4.78 is 27.0. The number of carbonyl (C=O) groups is 1. The second-order valence-electron chi connectivity index (χ2n) is 5.26. The first kappa shape index (κ1) is 32.4. The molecule has 5 heteroatoms. The molecule has 0 saturated heterocycles. The molecular formula is C16H40O4S. The van der Waals surface area contributed by atoms with E-state index in [1.54, 1.807) is 6.92 Å². The Morgan fingerprint density at radius 3 is 1.52 bits per heavy atom. The molecule has 0 rings (SSSR count). The molecule has 0 aromatic rings. The maximum Gasteiger partial charge on any atom is 0.327 e. The average molecular weight is 329 g/mol. The van der Waals surface area contributed by atoms with Gasteiger partial charge in [-0.2, -0.15) is 0 Å². The van der Waals surface area contributed by atoms with Crippen LogP contribution in [0.5, 0.6) is 0 Å². The minimum Gasteiger partial charge on any atom is -0.468 e. The first-order chi connectivity index (χ1) is 7.50. The second kappa shape index (κ2) is 11.0. The fourth-order valence-corrected chi connectivity index (χ4v) is 3.23. The Kier molecular flexibility index (Phi) is 17.0. The van der Waals surface area contributed by atoms with Gasteiger partial charge in [0.25, 0.3) is 0 Å². The molecular weight excluding hydrogens is 288 g/mol. The lowest BCUT2D eigenvalue weighted by Crippen LogP contribution is -2.51. The molecule has 0 saturated carbocycles. The van der Waals surface area contributed by atoms with Gasteiger partial charge in [0.05, 0.1) is 7.11 Å². The minimum atomic E-state index is -3.53. The molecule has 3 atom stereocenters. The molecule has 0 aliphatic heterocycles. The van der Waals surface area contributed by atoms with Crippen LogP contribution in [0, 0.1) is 17.8 Å². The highest BCUT2D eigenvalue weighted by molar-refractivity contribution is 7.92. The number of rotatable bonds is 5. The zero-order valence-corrected chi connectivity index (χ0v) is 12.6. The molecule has 0 radical (unpaired) electrons. The Labute approximate surface area is 134 Å². The molecule has 0 aliphatic rings. The van der Waals surface area contributed by atoms with E-state index in [-0.39, 0.29) is 41.5 Å². The summed E-state index contributed by atoms with van der Waals surface area (Å²) in [5, 5.41) is 0. The van der Waals surface area contributed by atoms with Crippen molar-refractivity contribution < 1.29 is 17.9 Å². The summed E-state index contributed by atoms with van der Waals surface area (Å²) in [4.78, 5) is 11.8. The van der Waals surface area contributed by atoms with E-state index in [1.807, 2.05) is 20.8 Å². The predicted octanol–water partition coefficient (Wildman–Crippen LogP) is 4.44. The van der Waals surface area contributed by atoms with Crippen LogP contribution < -0.4 is 0 Å². The van der Waals surface area contributed by atoms with E-state index in [4.69, 9.17) is 0 Å². The lowest BCUT2D eigenvalue weighted by Gasteiger charge is -2.36. The van der Waals surface area contributed by atoms with Crippen LogP contribution in [0.1, 0.15) is 64.3 Å². The van der Waals surface area contributed by atoms with Crippen LogP contribution >= 0.6 is 0 Å². The maximum absolute atomic E-state index is 11.9. The minimum absolute atomic E-state index is 0. The van der Waals surface area contributed by atoms with Gasteiger partial charge in [-0.05, 0) is 24.7 Å². The molecule has 0 fully saturated rings. The third-order valence-electron chi connectivity index (χ3n) is 4.07. The first-order valence-corrected chi connectivity index (χ1v) is 7.67. The quantitative estimate of drug-likeness (QED) is 0.700. The number of ether oxygens (including phenoxy) is 1. The fourth-order valence-electron chi connectivity index (χ4n) is 1.96. The van der Waals surface area contributed by atoms with E-state index >= 15 is 0 Å². The van der Waals surface area contributed by atoms with Crippen molar-refractivity contribution in [3.63, 3.8) is 0 Å². The number of methoxy groups -OCH3 is 1. The summed E-state index contributed by atoms with van der Waals surface area (Å²) in [5.74, 6) is -0.575. The average Bonchev–Trinajstić information content (AvgIpc) is 2.22. The van der Waals surface area contributed by atoms with Gasteiger partial charge >= 0.3 is 5.97 Å². The molecule has 0 heterocycles. The highest BCUT2D eigenvalue weighted by atomic mass is 32.2. The van der Waals surface area contributed by atoms with Gasteiger partial charge in [0, 0.05) is 6.26 Å². The standard InChI is InChI=1S/C12H24O4S.4CH4/c1-8(2)9(3)10(4)12(5,11(13)16-6)17(7,14)15;;;;/h8-10H,1-7H3;4*1H4. The van der Waals surface area contributed by atoms with Crippen molar-refractivity contribution in [1.29, 1.82) is 0 Å². The molecule has 21 heavy (non-hydrogen) atoms. The Balaban J connectivity index is -0.000000213. The highest BCUT2D eigenvalue weighted by Crippen LogP contribution is 2.35. The zero-order chi connectivity index (χ0) is 14.0. The fraction of sp³-hybridized carbons (Fsp3) is 0.938. The summed E-state index contributed by atoms with van der Waals surface area (Å²) in [6.07, 6.45) is 1.09. The van der Waals surface area contributed by atoms with Crippen molar-refractivity contribution in [2.24, 2.45) is 17.8 Å². The summed E-state index contributed by atoms with van der Waals surface area (Å²) in [6.45, 7) is 9.24. The predicted molar refractivity (Wildman–Crippen MR) is 95.4 cm³/mol. The van der Waals surface area contributed by atoms with Gasteiger partial charge in [-0.1, -0.05) is 57.4 Å². The van der Waals surface area contributed by atoms with Gasteiger partial charge in [-0.25, -0.2) is 8.42 Å². The molecule has 4 nitrogen and oxygen atoms in total. The molecule has 3 unspecified atom stereocenters. The Hall–Kier alpha value is -0.580. The van der Waals surface area contributed by atoms with E-state index < -0.39 is 20.6 Å². The smallest absolute Gasteiger partial charge is 0.327 e. The molecule has 0 aliphatic carbocycles. The monoisotopic (exact) mass is 328 g/mol. The Morgan fingerprint density at radius 2 is 1.33 bits per heavy atom. The van der Waals surface area contributed by atoms with Crippen molar-refractivity contribution in [3.8, 4) is 0 Å². The van der Waals surface area contributed by atoms with Crippen molar-refractivity contribution in [2.75, 3.05) is 13.4 Å². The van der Waals surface area contributed by atoms with Crippen LogP contribution in [0.15, 0.2) is 0 Å². The number of hydrogen-bond acceptors (Lipinski definition) is 4. The van der Waals surface area contributed by atoms with Crippen LogP contribution in [0.25, 0.3) is 0 Å². The topological polar surface area (TPSA) is 60.4 Å². The second-order valence-corrected chi connectivity index (χ2v) is 7.66. The van der Waals surface area contributed by atoms with Gasteiger partial charge in [0.2, 0.25) is 0 Å². The van der Waals surface area contributed by atoms with Gasteiger partial charge in [-0.15, -0.1) is 0 Å². The molecule has 0 aromatic heterocycles. The van der Waals surface area contributed by atoms with E-state index in [1.165, 1.54) is 14.0 Å². The zero-order valence-electron chi connectivity index (χ0n) is 11.8. The molecule has 0 spiro atoms. The van der Waals surface area contributed by atoms with Crippen LogP contribution in [0.2, 0.25) is 0 Å². The summed E-state index contributed by atoms with van der Waals surface area (Å²) in [7, 11) is -2.31. The van der Waals surface area contributed by atoms with Gasteiger partial charge in [0.15, 0.2) is 14.6 Å². The Morgan fingerprint density at radius 1 is 1.00 bits per heavy atom. The van der Waals surface area contributed by atoms with Gasteiger partial charge in [0.1, 0.15) is 0 Å². The highest BCUT2D eigenvalue weighted by Gasteiger charge is 2.51. The van der Waals surface area contributed by atoms with Crippen LogP contribution in [0.4, 0.5) is 0 Å².